The summed E-state index contributed by atoms with van der Waals surface area (Å²) in [6, 6.07) is -0.627. The first-order valence-electron chi connectivity index (χ1n) is 33.0. The number of carbonyl (C=O) groups excluding carboxylic acids is 1. The van der Waals surface area contributed by atoms with Gasteiger partial charge in [0.1, 0.15) is 0 Å². The van der Waals surface area contributed by atoms with E-state index >= 15 is 0 Å². The molecule has 0 aromatic carbocycles. The predicted molar refractivity (Wildman–Crippen MR) is 336 cm³/mol. The Morgan fingerprint density at radius 1 is 0.333 bits per heavy atom. The minimum absolute atomic E-state index is 0.0616. The number of aliphatic hydroxyl groups is 2. The second kappa shape index (κ2) is 65.6. The Hall–Kier alpha value is -2.69. The molecule has 0 saturated carbocycles. The molecule has 0 aromatic heterocycles. The average Bonchev–Trinajstić information content (AvgIpc) is 3.41. The van der Waals surface area contributed by atoms with E-state index in [0.717, 1.165) is 70.6 Å². The first-order valence-corrected chi connectivity index (χ1v) is 33.0. The molecule has 0 aliphatic rings. The van der Waals surface area contributed by atoms with E-state index in [1.54, 1.807) is 6.08 Å². The molecule has 2 unspecified atom stereocenters. The largest absolute Gasteiger partial charge is 0.394 e. The molecule has 0 bridgehead atoms. The maximum Gasteiger partial charge on any atom is 0.220 e. The van der Waals surface area contributed by atoms with Crippen molar-refractivity contribution < 1.29 is 15.0 Å². The molecule has 0 aliphatic carbocycles. The summed E-state index contributed by atoms with van der Waals surface area (Å²) in [6.45, 7) is 4.22. The van der Waals surface area contributed by atoms with Crippen molar-refractivity contribution in [2.75, 3.05) is 6.61 Å². The maximum atomic E-state index is 12.5. The van der Waals surface area contributed by atoms with Gasteiger partial charge in [0.2, 0.25) is 5.91 Å². The molecule has 1 amide bonds. The summed E-state index contributed by atoms with van der Waals surface area (Å²) >= 11 is 0. The van der Waals surface area contributed by atoms with Crippen molar-refractivity contribution in [2.45, 2.75) is 341 Å². The summed E-state index contributed by atoms with van der Waals surface area (Å²) in [5.74, 6) is -0.0616. The Kier molecular flexibility index (Phi) is 63.2. The summed E-state index contributed by atoms with van der Waals surface area (Å²) < 4.78 is 0. The lowest BCUT2D eigenvalue weighted by Gasteiger charge is -2.20. The van der Waals surface area contributed by atoms with Crippen LogP contribution >= 0.6 is 0 Å². The van der Waals surface area contributed by atoms with Crippen molar-refractivity contribution in [3.05, 3.63) is 97.2 Å². The Morgan fingerprint density at radius 3 is 0.880 bits per heavy atom. The highest BCUT2D eigenvalue weighted by molar-refractivity contribution is 5.76. The van der Waals surface area contributed by atoms with Crippen LogP contribution in [0.15, 0.2) is 97.2 Å². The summed E-state index contributed by atoms with van der Waals surface area (Å²) in [5.41, 5.74) is 0. The van der Waals surface area contributed by atoms with E-state index in [4.69, 9.17) is 0 Å². The van der Waals surface area contributed by atoms with Crippen LogP contribution in [0, 0.1) is 0 Å². The highest BCUT2D eigenvalue weighted by Crippen LogP contribution is 2.18. The maximum absolute atomic E-state index is 12.5. The zero-order valence-corrected chi connectivity index (χ0v) is 50.1. The number of aliphatic hydroxyl groups excluding tert-OH is 2. The fraction of sp³-hybridized carbons (Fsp3) is 0.761. The van der Waals surface area contributed by atoms with Crippen molar-refractivity contribution in [1.29, 1.82) is 0 Å². The lowest BCUT2D eigenvalue weighted by atomic mass is 10.0. The molecule has 434 valence electrons. The van der Waals surface area contributed by atoms with Crippen LogP contribution in [0.4, 0.5) is 0 Å². The molecule has 3 N–H and O–H groups in total. The number of hydrogen-bond acceptors (Lipinski definition) is 3. The van der Waals surface area contributed by atoms with Crippen LogP contribution in [0.3, 0.4) is 0 Å². The predicted octanol–water partition coefficient (Wildman–Crippen LogP) is 22.4. The van der Waals surface area contributed by atoms with Crippen molar-refractivity contribution in [1.82, 2.24) is 5.32 Å². The summed E-state index contributed by atoms with van der Waals surface area (Å²) in [4.78, 5) is 12.5. The second-order valence-electron chi connectivity index (χ2n) is 22.2. The lowest BCUT2D eigenvalue weighted by Crippen LogP contribution is -2.45. The van der Waals surface area contributed by atoms with Gasteiger partial charge in [0.05, 0.1) is 18.8 Å². The molecule has 0 saturated heterocycles. The first kappa shape index (κ1) is 72.3. The molecule has 4 nitrogen and oxygen atoms in total. The smallest absolute Gasteiger partial charge is 0.220 e. The van der Waals surface area contributed by atoms with Crippen molar-refractivity contribution in [3.8, 4) is 0 Å². The molecule has 0 aromatic rings. The third-order valence-corrected chi connectivity index (χ3v) is 14.8. The number of hydrogen-bond donors (Lipinski definition) is 3. The fourth-order valence-corrected chi connectivity index (χ4v) is 9.87. The van der Waals surface area contributed by atoms with Gasteiger partial charge in [0.25, 0.3) is 0 Å². The van der Waals surface area contributed by atoms with E-state index in [9.17, 15) is 15.0 Å². The van der Waals surface area contributed by atoms with E-state index in [0.29, 0.717) is 6.42 Å². The Morgan fingerprint density at radius 2 is 0.587 bits per heavy atom. The normalized spacial score (nSPS) is 13.4. The molecule has 0 radical (unpaired) electrons. The molecule has 0 rings (SSSR count). The Labute approximate surface area is 468 Å². The number of unbranched alkanes of at least 4 members (excludes halogenated alkanes) is 39. The Balaban J connectivity index is 3.49. The van der Waals surface area contributed by atoms with Crippen LogP contribution in [-0.2, 0) is 4.79 Å². The molecule has 4 heteroatoms. The third kappa shape index (κ3) is 62.0. The van der Waals surface area contributed by atoms with E-state index in [1.165, 1.54) is 238 Å². The van der Waals surface area contributed by atoms with Crippen LogP contribution in [0.5, 0.6) is 0 Å². The number of amides is 1. The van der Waals surface area contributed by atoms with E-state index in [-0.39, 0.29) is 12.5 Å². The Bertz CT molecular complexity index is 1370. The van der Waals surface area contributed by atoms with Crippen LogP contribution in [0.2, 0.25) is 0 Å². The van der Waals surface area contributed by atoms with Gasteiger partial charge >= 0.3 is 0 Å². The summed E-state index contributed by atoms with van der Waals surface area (Å²) in [5, 5.41) is 23.3. The standard InChI is InChI=1S/C71H127NO3/c1-3-5-7-9-11-13-15-17-19-21-23-25-27-29-30-31-32-33-34-35-36-37-38-39-40-41-42-43-45-47-49-51-53-55-57-59-61-63-65-67-71(75)72-69(68-73)70(74)66-64-62-60-58-56-54-52-50-48-46-44-28-26-24-22-20-18-16-14-12-10-8-6-4-2/h5,7,11,13,17,19,23,25,29-30,32-33,35-36,64,66,69-70,73-74H,3-4,6,8-10,12,14-16,18,20-22,24,26-28,31,34,37-63,65,67-68H2,1-2H3,(H,72,75)/b7-5-,13-11-,19-17-,25-23-,30-29-,33-32-,36-35-,66-64+. The van der Waals surface area contributed by atoms with Gasteiger partial charge in [-0.1, -0.05) is 342 Å². The first-order chi connectivity index (χ1) is 37.2. The topological polar surface area (TPSA) is 69.6 Å². The molecular formula is C71H127NO3. The highest BCUT2D eigenvalue weighted by atomic mass is 16.3. The minimum Gasteiger partial charge on any atom is -0.394 e. The van der Waals surface area contributed by atoms with Crippen molar-refractivity contribution >= 4 is 5.91 Å². The fourth-order valence-electron chi connectivity index (χ4n) is 9.87. The quantitative estimate of drug-likeness (QED) is 0.0420. The van der Waals surface area contributed by atoms with Crippen LogP contribution in [0.1, 0.15) is 328 Å². The molecule has 2 atom stereocenters. The van der Waals surface area contributed by atoms with Crippen LogP contribution < -0.4 is 5.32 Å². The van der Waals surface area contributed by atoms with Crippen LogP contribution in [-0.4, -0.2) is 34.9 Å². The van der Waals surface area contributed by atoms with Gasteiger partial charge in [-0.2, -0.15) is 0 Å². The van der Waals surface area contributed by atoms with Gasteiger partial charge in [-0.05, 0) is 77.0 Å². The van der Waals surface area contributed by atoms with Gasteiger partial charge in [-0.3, -0.25) is 4.79 Å². The highest BCUT2D eigenvalue weighted by Gasteiger charge is 2.18. The second-order valence-corrected chi connectivity index (χ2v) is 22.2. The van der Waals surface area contributed by atoms with Crippen LogP contribution in [0.25, 0.3) is 0 Å². The third-order valence-electron chi connectivity index (χ3n) is 14.8. The molecular weight excluding hydrogens is 915 g/mol. The van der Waals surface area contributed by atoms with Gasteiger partial charge in [-0.25, -0.2) is 0 Å². The zero-order chi connectivity index (χ0) is 54.1. The minimum atomic E-state index is -0.844. The SMILES string of the molecule is CC/C=C\C/C=C\C/C=C\C/C=C\C/C=C\C/C=C\C/C=C\CCCCCCCCCCCCCCCCCCCC(=O)NC(CO)C(O)/C=C/CCCCCCCCCCCCCCCCCCCCCCCC. The van der Waals surface area contributed by atoms with E-state index in [1.807, 2.05) is 6.08 Å². The van der Waals surface area contributed by atoms with Crippen molar-refractivity contribution in [2.24, 2.45) is 0 Å². The zero-order valence-electron chi connectivity index (χ0n) is 50.1. The van der Waals surface area contributed by atoms with Gasteiger partial charge in [0.15, 0.2) is 0 Å². The average molecular weight is 1040 g/mol. The summed E-state index contributed by atoms with van der Waals surface area (Å²) in [6.07, 6.45) is 97.5. The molecule has 0 aliphatic heterocycles. The molecule has 0 heterocycles. The van der Waals surface area contributed by atoms with Gasteiger partial charge < -0.3 is 15.5 Å². The number of allylic oxidation sites excluding steroid dienone is 15. The molecule has 0 spiro atoms. The monoisotopic (exact) mass is 1040 g/mol. The lowest BCUT2D eigenvalue weighted by molar-refractivity contribution is -0.123. The van der Waals surface area contributed by atoms with E-state index < -0.39 is 12.1 Å². The summed E-state index contributed by atoms with van der Waals surface area (Å²) in [7, 11) is 0. The number of carbonyl (C=O) groups is 1. The number of rotatable bonds is 60. The molecule has 0 fully saturated rings. The number of nitrogens with one attached hydrogen (secondary N) is 1. The van der Waals surface area contributed by atoms with Crippen molar-refractivity contribution in [3.63, 3.8) is 0 Å². The molecule has 75 heavy (non-hydrogen) atoms. The van der Waals surface area contributed by atoms with Gasteiger partial charge in [0, 0.05) is 6.42 Å². The van der Waals surface area contributed by atoms with Gasteiger partial charge in [-0.15, -0.1) is 0 Å². The van der Waals surface area contributed by atoms with E-state index in [2.05, 4.69) is 104 Å².